The van der Waals surface area contributed by atoms with Crippen molar-refractivity contribution >= 4 is 39.1 Å². The van der Waals surface area contributed by atoms with E-state index < -0.39 is 15.9 Å². The average molecular weight is 416 g/mol. The van der Waals surface area contributed by atoms with Gasteiger partial charge in [0.1, 0.15) is 4.90 Å². The largest absolute Gasteiger partial charge is 0.348 e. The van der Waals surface area contributed by atoms with E-state index in [-0.39, 0.29) is 39.5 Å². The second-order valence-corrected chi connectivity index (χ2v) is 8.60. The fourth-order valence-corrected chi connectivity index (χ4v) is 4.11. The number of amides is 1. The molecule has 0 aliphatic heterocycles. The third-order valence-electron chi connectivity index (χ3n) is 3.44. The molecule has 1 aromatic heterocycles. The van der Waals surface area contributed by atoms with Crippen LogP contribution < -0.4 is 10.0 Å². The number of aromatic nitrogens is 1. The number of pyridine rings is 1. The summed E-state index contributed by atoms with van der Waals surface area (Å²) < 4.78 is 27.4. The first-order valence-electron chi connectivity index (χ1n) is 7.86. The average Bonchev–Trinajstić information content (AvgIpc) is 2.59. The third kappa shape index (κ3) is 5.41. The highest BCUT2D eigenvalue weighted by Gasteiger charge is 2.22. The molecule has 0 aliphatic carbocycles. The van der Waals surface area contributed by atoms with Gasteiger partial charge in [0.25, 0.3) is 5.91 Å². The van der Waals surface area contributed by atoms with Gasteiger partial charge in [-0.05, 0) is 35.7 Å². The standard InChI is InChI=1S/C17H19Cl2N3O3S/c1-11(2)9-22-26(24,25)16-7-13(14(18)8-15(16)19)17(23)21-10-12-3-5-20-6-4-12/h3-8,11,22H,9-10H2,1-2H3,(H,21,23). The van der Waals surface area contributed by atoms with Crippen LogP contribution in [0.4, 0.5) is 0 Å². The number of nitrogens with zero attached hydrogens (tertiary/aromatic N) is 1. The van der Waals surface area contributed by atoms with Gasteiger partial charge in [-0.25, -0.2) is 13.1 Å². The molecule has 0 spiro atoms. The van der Waals surface area contributed by atoms with Crippen LogP contribution in [0.1, 0.15) is 29.8 Å². The second kappa shape index (κ2) is 8.81. The predicted octanol–water partition coefficient (Wildman–Crippen LogP) is 3.25. The maximum atomic E-state index is 12.4. The Balaban J connectivity index is 2.25. The highest BCUT2D eigenvalue weighted by atomic mass is 35.5. The van der Waals surface area contributed by atoms with Crippen molar-refractivity contribution in [3.05, 3.63) is 57.8 Å². The van der Waals surface area contributed by atoms with Crippen molar-refractivity contribution in [1.82, 2.24) is 15.0 Å². The van der Waals surface area contributed by atoms with Gasteiger partial charge in [0.15, 0.2) is 0 Å². The molecule has 1 heterocycles. The molecule has 0 fully saturated rings. The number of sulfonamides is 1. The molecule has 2 N–H and O–H groups in total. The van der Waals surface area contributed by atoms with Crippen molar-refractivity contribution in [2.75, 3.05) is 6.54 Å². The van der Waals surface area contributed by atoms with Crippen molar-refractivity contribution in [3.8, 4) is 0 Å². The van der Waals surface area contributed by atoms with Crippen LogP contribution in [0, 0.1) is 5.92 Å². The molecule has 0 radical (unpaired) electrons. The highest BCUT2D eigenvalue weighted by Crippen LogP contribution is 2.28. The highest BCUT2D eigenvalue weighted by molar-refractivity contribution is 7.89. The first-order chi connectivity index (χ1) is 12.2. The Morgan fingerprint density at radius 2 is 1.81 bits per heavy atom. The summed E-state index contributed by atoms with van der Waals surface area (Å²) in [5.41, 5.74) is 0.889. The summed E-state index contributed by atoms with van der Waals surface area (Å²) in [6, 6.07) is 5.97. The van der Waals surface area contributed by atoms with Gasteiger partial charge in [-0.2, -0.15) is 0 Å². The molecule has 9 heteroatoms. The summed E-state index contributed by atoms with van der Waals surface area (Å²) in [7, 11) is -3.85. The van der Waals surface area contributed by atoms with Crippen LogP contribution in [0.25, 0.3) is 0 Å². The van der Waals surface area contributed by atoms with E-state index in [0.29, 0.717) is 0 Å². The summed E-state index contributed by atoms with van der Waals surface area (Å²) >= 11 is 12.1. The number of carbonyl (C=O) groups is 1. The number of hydrogen-bond acceptors (Lipinski definition) is 4. The van der Waals surface area contributed by atoms with Crippen LogP contribution in [0.3, 0.4) is 0 Å². The minimum atomic E-state index is -3.85. The van der Waals surface area contributed by atoms with Gasteiger partial charge in [-0.15, -0.1) is 0 Å². The molecule has 0 saturated heterocycles. The van der Waals surface area contributed by atoms with E-state index in [9.17, 15) is 13.2 Å². The van der Waals surface area contributed by atoms with Crippen molar-refractivity contribution in [2.24, 2.45) is 5.92 Å². The van der Waals surface area contributed by atoms with Crippen LogP contribution in [0.15, 0.2) is 41.6 Å². The Bertz CT molecular complexity index is 888. The third-order valence-corrected chi connectivity index (χ3v) is 5.64. The molecular formula is C17H19Cl2N3O3S. The minimum Gasteiger partial charge on any atom is -0.348 e. The van der Waals surface area contributed by atoms with E-state index in [1.165, 1.54) is 12.1 Å². The number of halogens is 2. The lowest BCUT2D eigenvalue weighted by atomic mass is 10.2. The number of nitrogens with one attached hydrogen (secondary N) is 2. The summed E-state index contributed by atoms with van der Waals surface area (Å²) in [6.45, 7) is 4.27. The molecule has 0 bridgehead atoms. The van der Waals surface area contributed by atoms with Crippen LogP contribution in [-0.2, 0) is 16.6 Å². The minimum absolute atomic E-state index is 0.0371. The fourth-order valence-electron chi connectivity index (χ4n) is 2.04. The lowest BCUT2D eigenvalue weighted by molar-refractivity contribution is 0.0951. The summed E-state index contributed by atoms with van der Waals surface area (Å²) in [4.78, 5) is 16.1. The fraction of sp³-hybridized carbons (Fsp3) is 0.294. The van der Waals surface area contributed by atoms with Crippen molar-refractivity contribution in [2.45, 2.75) is 25.3 Å². The normalized spacial score (nSPS) is 11.6. The summed E-state index contributed by atoms with van der Waals surface area (Å²) in [6.07, 6.45) is 3.23. The Kier molecular flexibility index (Phi) is 7.00. The molecule has 0 unspecified atom stereocenters. The van der Waals surface area contributed by atoms with E-state index in [1.807, 2.05) is 13.8 Å². The first-order valence-corrected chi connectivity index (χ1v) is 10.1. The Morgan fingerprint density at radius 3 is 2.42 bits per heavy atom. The lowest BCUT2D eigenvalue weighted by Crippen LogP contribution is -2.28. The monoisotopic (exact) mass is 415 g/mol. The molecule has 0 saturated carbocycles. The predicted molar refractivity (Wildman–Crippen MR) is 102 cm³/mol. The number of benzene rings is 1. The lowest BCUT2D eigenvalue weighted by Gasteiger charge is -2.13. The topological polar surface area (TPSA) is 88.2 Å². The van der Waals surface area contributed by atoms with Crippen molar-refractivity contribution < 1.29 is 13.2 Å². The quantitative estimate of drug-likeness (QED) is 0.725. The molecule has 6 nitrogen and oxygen atoms in total. The van der Waals surface area contributed by atoms with Gasteiger partial charge in [0.05, 0.1) is 15.6 Å². The van der Waals surface area contributed by atoms with Gasteiger partial charge >= 0.3 is 0 Å². The number of hydrogen-bond donors (Lipinski definition) is 2. The number of rotatable bonds is 7. The van der Waals surface area contributed by atoms with Crippen molar-refractivity contribution in [3.63, 3.8) is 0 Å². The SMILES string of the molecule is CC(C)CNS(=O)(=O)c1cc(C(=O)NCc2ccncc2)c(Cl)cc1Cl. The Labute approximate surface area is 163 Å². The van der Waals surface area contributed by atoms with Gasteiger partial charge < -0.3 is 5.32 Å². The second-order valence-electron chi connectivity index (χ2n) is 6.05. The smallest absolute Gasteiger partial charge is 0.253 e. The van der Waals surface area contributed by atoms with Gasteiger partial charge in [0.2, 0.25) is 10.0 Å². The van der Waals surface area contributed by atoms with Gasteiger partial charge in [0, 0.05) is 25.5 Å². The molecule has 2 aromatic rings. The molecule has 2 rings (SSSR count). The molecule has 0 atom stereocenters. The van der Waals surface area contributed by atoms with E-state index in [2.05, 4.69) is 15.0 Å². The zero-order valence-electron chi connectivity index (χ0n) is 14.3. The molecule has 26 heavy (non-hydrogen) atoms. The van der Waals surface area contributed by atoms with E-state index in [4.69, 9.17) is 23.2 Å². The zero-order valence-corrected chi connectivity index (χ0v) is 16.6. The maximum absolute atomic E-state index is 12.4. The molecule has 140 valence electrons. The summed E-state index contributed by atoms with van der Waals surface area (Å²) in [5, 5.41) is 2.72. The molecule has 1 amide bonds. The molecule has 0 aliphatic rings. The Morgan fingerprint density at radius 1 is 1.15 bits per heavy atom. The van der Waals surface area contributed by atoms with Gasteiger partial charge in [-0.3, -0.25) is 9.78 Å². The van der Waals surface area contributed by atoms with E-state index in [0.717, 1.165) is 5.56 Å². The molecule has 1 aromatic carbocycles. The first kappa shape index (κ1) is 20.6. The van der Waals surface area contributed by atoms with E-state index in [1.54, 1.807) is 24.5 Å². The van der Waals surface area contributed by atoms with Crippen LogP contribution in [-0.4, -0.2) is 25.9 Å². The molecular weight excluding hydrogens is 397 g/mol. The van der Waals surface area contributed by atoms with Crippen LogP contribution >= 0.6 is 23.2 Å². The zero-order chi connectivity index (χ0) is 19.3. The van der Waals surface area contributed by atoms with Crippen LogP contribution in [0.2, 0.25) is 10.0 Å². The van der Waals surface area contributed by atoms with Crippen LogP contribution in [0.5, 0.6) is 0 Å². The number of carbonyl (C=O) groups excluding carboxylic acids is 1. The van der Waals surface area contributed by atoms with Gasteiger partial charge in [-0.1, -0.05) is 37.0 Å². The summed E-state index contributed by atoms with van der Waals surface area (Å²) in [5.74, 6) is -0.372. The van der Waals surface area contributed by atoms with Crippen molar-refractivity contribution in [1.29, 1.82) is 0 Å². The van der Waals surface area contributed by atoms with E-state index >= 15 is 0 Å². The maximum Gasteiger partial charge on any atom is 0.253 e. The Hall–Kier alpha value is -1.67.